The molecule has 0 radical (unpaired) electrons. The third kappa shape index (κ3) is 5.99. The van der Waals surface area contributed by atoms with E-state index in [1.54, 1.807) is 6.92 Å². The monoisotopic (exact) mass is 253 g/mol. The minimum Gasteiger partial charge on any atom is -0.346 e. The molecule has 0 aromatic heterocycles. The summed E-state index contributed by atoms with van der Waals surface area (Å²) in [5.41, 5.74) is 0.504. The zero-order valence-corrected chi connectivity index (χ0v) is 12.4. The fraction of sp³-hybridized carbons (Fsp3) is 0.733. The molecule has 3 heteroatoms. The molecule has 18 heavy (non-hydrogen) atoms. The van der Waals surface area contributed by atoms with E-state index in [-0.39, 0.29) is 17.6 Å². The van der Waals surface area contributed by atoms with Crippen LogP contribution in [0.15, 0.2) is 12.2 Å². The molecule has 2 atom stereocenters. The molecule has 1 N–H and O–H groups in total. The van der Waals surface area contributed by atoms with Crippen molar-refractivity contribution < 1.29 is 9.59 Å². The molecule has 104 valence electrons. The Morgan fingerprint density at radius 2 is 1.78 bits per heavy atom. The Labute approximate surface area is 111 Å². The summed E-state index contributed by atoms with van der Waals surface area (Å²) >= 11 is 0. The number of ketones is 1. The van der Waals surface area contributed by atoms with Crippen LogP contribution in [0.1, 0.15) is 53.9 Å². The summed E-state index contributed by atoms with van der Waals surface area (Å²) in [6, 6.07) is -0.422. The molecule has 0 rings (SSSR count). The van der Waals surface area contributed by atoms with Gasteiger partial charge in [0.1, 0.15) is 0 Å². The van der Waals surface area contributed by atoms with Crippen LogP contribution in [0.3, 0.4) is 0 Å². The van der Waals surface area contributed by atoms with Crippen LogP contribution >= 0.6 is 0 Å². The van der Waals surface area contributed by atoms with Crippen molar-refractivity contribution in [1.82, 2.24) is 5.32 Å². The lowest BCUT2D eigenvalue weighted by molar-refractivity contribution is -0.129. The number of hydrogen-bond acceptors (Lipinski definition) is 2. The van der Waals surface area contributed by atoms with E-state index in [2.05, 4.69) is 18.8 Å². The maximum absolute atomic E-state index is 12.0. The average Bonchev–Trinajstić information content (AvgIpc) is 2.26. The van der Waals surface area contributed by atoms with Gasteiger partial charge in [0, 0.05) is 5.92 Å². The fourth-order valence-corrected chi connectivity index (χ4v) is 1.88. The van der Waals surface area contributed by atoms with Gasteiger partial charge in [-0.2, -0.15) is 0 Å². The van der Waals surface area contributed by atoms with E-state index in [1.165, 1.54) is 0 Å². The molecule has 3 nitrogen and oxygen atoms in total. The lowest BCUT2D eigenvalue weighted by Crippen LogP contribution is -2.44. The number of nitrogens with one attached hydrogen (secondary N) is 1. The molecular weight excluding hydrogens is 226 g/mol. The van der Waals surface area contributed by atoms with Gasteiger partial charge in [-0.15, -0.1) is 0 Å². The highest BCUT2D eigenvalue weighted by atomic mass is 16.2. The third-order valence-electron chi connectivity index (χ3n) is 2.93. The van der Waals surface area contributed by atoms with Crippen molar-refractivity contribution in [2.75, 3.05) is 0 Å². The van der Waals surface area contributed by atoms with Gasteiger partial charge in [0.15, 0.2) is 5.78 Å². The molecule has 0 spiro atoms. The predicted octanol–water partition coefficient (Wildman–Crippen LogP) is 3.10. The summed E-state index contributed by atoms with van der Waals surface area (Å²) < 4.78 is 0. The van der Waals surface area contributed by atoms with Gasteiger partial charge in [-0.05, 0) is 31.3 Å². The van der Waals surface area contributed by atoms with E-state index in [0.29, 0.717) is 17.9 Å². The van der Waals surface area contributed by atoms with Crippen LogP contribution in [0.25, 0.3) is 0 Å². The first-order chi connectivity index (χ1) is 8.29. The number of amides is 1. The van der Waals surface area contributed by atoms with Gasteiger partial charge in [0.25, 0.3) is 0 Å². The van der Waals surface area contributed by atoms with Crippen LogP contribution in [0.5, 0.6) is 0 Å². The van der Waals surface area contributed by atoms with Crippen molar-refractivity contribution in [3.05, 3.63) is 12.2 Å². The topological polar surface area (TPSA) is 46.2 Å². The van der Waals surface area contributed by atoms with Crippen molar-refractivity contribution in [3.63, 3.8) is 0 Å². The van der Waals surface area contributed by atoms with Crippen molar-refractivity contribution >= 4 is 11.7 Å². The zero-order valence-electron chi connectivity index (χ0n) is 12.4. The standard InChI is InChI=1S/C15H27NO2/c1-7-8-12(6)15(18)16-13(9-10(2)3)14(17)11(4)5/h10,12-13H,4,7-9H2,1-3,5-6H3,(H,16,18). The molecule has 1 amide bonds. The molecule has 0 heterocycles. The Morgan fingerprint density at radius 3 is 2.17 bits per heavy atom. The lowest BCUT2D eigenvalue weighted by Gasteiger charge is -2.21. The van der Waals surface area contributed by atoms with Crippen molar-refractivity contribution in [2.45, 2.75) is 59.9 Å². The van der Waals surface area contributed by atoms with Gasteiger partial charge in [-0.3, -0.25) is 9.59 Å². The first kappa shape index (κ1) is 16.9. The van der Waals surface area contributed by atoms with Crippen LogP contribution in [0.2, 0.25) is 0 Å². The largest absolute Gasteiger partial charge is 0.346 e. The second-order valence-electron chi connectivity index (χ2n) is 5.53. The number of Topliss-reactive ketones (excluding diaryl/α,β-unsaturated/α-hetero) is 1. The maximum Gasteiger partial charge on any atom is 0.223 e. The van der Waals surface area contributed by atoms with Crippen molar-refractivity contribution in [3.8, 4) is 0 Å². The summed E-state index contributed by atoms with van der Waals surface area (Å²) in [6.45, 7) is 13.4. The molecule has 0 bridgehead atoms. The highest BCUT2D eigenvalue weighted by Crippen LogP contribution is 2.11. The molecule has 0 aliphatic heterocycles. The van der Waals surface area contributed by atoms with Gasteiger partial charge in [0.2, 0.25) is 5.91 Å². The highest BCUT2D eigenvalue weighted by molar-refractivity contribution is 6.00. The first-order valence-corrected chi connectivity index (χ1v) is 6.79. The Kier molecular flexibility index (Phi) is 7.56. The molecular formula is C15H27NO2. The molecule has 0 fully saturated rings. The normalized spacial score (nSPS) is 14.1. The van der Waals surface area contributed by atoms with E-state index >= 15 is 0 Å². The molecule has 0 aromatic rings. The highest BCUT2D eigenvalue weighted by Gasteiger charge is 2.24. The van der Waals surface area contributed by atoms with Crippen LogP contribution in [0.4, 0.5) is 0 Å². The summed E-state index contributed by atoms with van der Waals surface area (Å²) in [4.78, 5) is 23.9. The lowest BCUT2D eigenvalue weighted by atomic mass is 9.96. The van der Waals surface area contributed by atoms with E-state index < -0.39 is 6.04 Å². The Bertz CT molecular complexity index is 308. The first-order valence-electron chi connectivity index (χ1n) is 6.79. The number of carbonyl (C=O) groups excluding carboxylic acids is 2. The van der Waals surface area contributed by atoms with Crippen LogP contribution in [-0.4, -0.2) is 17.7 Å². The van der Waals surface area contributed by atoms with Gasteiger partial charge >= 0.3 is 0 Å². The van der Waals surface area contributed by atoms with Crippen LogP contribution in [0, 0.1) is 11.8 Å². The SMILES string of the molecule is C=C(C)C(=O)C(CC(C)C)NC(=O)C(C)CCC. The minimum absolute atomic E-state index is 0.0305. The summed E-state index contributed by atoms with van der Waals surface area (Å²) in [6.07, 6.45) is 2.48. The molecule has 0 aliphatic rings. The van der Waals surface area contributed by atoms with E-state index in [0.717, 1.165) is 12.8 Å². The van der Waals surface area contributed by atoms with E-state index in [1.807, 2.05) is 20.8 Å². The summed E-state index contributed by atoms with van der Waals surface area (Å²) in [5, 5.41) is 2.86. The van der Waals surface area contributed by atoms with Gasteiger partial charge in [-0.25, -0.2) is 0 Å². The smallest absolute Gasteiger partial charge is 0.223 e. The summed E-state index contributed by atoms with van der Waals surface area (Å²) in [5.74, 6) is 0.237. The Morgan fingerprint density at radius 1 is 1.22 bits per heavy atom. The van der Waals surface area contributed by atoms with E-state index in [4.69, 9.17) is 0 Å². The minimum atomic E-state index is -0.422. The molecule has 0 aliphatic carbocycles. The molecule has 0 aromatic carbocycles. The maximum atomic E-state index is 12.0. The molecule has 0 saturated heterocycles. The van der Waals surface area contributed by atoms with Crippen molar-refractivity contribution in [2.24, 2.45) is 11.8 Å². The molecule has 2 unspecified atom stereocenters. The second kappa shape index (κ2) is 8.06. The summed E-state index contributed by atoms with van der Waals surface area (Å²) in [7, 11) is 0. The zero-order chi connectivity index (χ0) is 14.3. The average molecular weight is 253 g/mol. The van der Waals surface area contributed by atoms with Crippen LogP contribution < -0.4 is 5.32 Å². The third-order valence-corrected chi connectivity index (χ3v) is 2.93. The van der Waals surface area contributed by atoms with Gasteiger partial charge < -0.3 is 5.32 Å². The fourth-order valence-electron chi connectivity index (χ4n) is 1.88. The Balaban J connectivity index is 4.63. The number of rotatable bonds is 8. The molecule has 0 saturated carbocycles. The predicted molar refractivity (Wildman–Crippen MR) is 75.3 cm³/mol. The second-order valence-corrected chi connectivity index (χ2v) is 5.53. The van der Waals surface area contributed by atoms with Gasteiger partial charge in [-0.1, -0.05) is 40.7 Å². The van der Waals surface area contributed by atoms with E-state index in [9.17, 15) is 9.59 Å². The quantitative estimate of drug-likeness (QED) is 0.676. The number of hydrogen-bond donors (Lipinski definition) is 1. The van der Waals surface area contributed by atoms with Crippen molar-refractivity contribution in [1.29, 1.82) is 0 Å². The van der Waals surface area contributed by atoms with Gasteiger partial charge in [0.05, 0.1) is 6.04 Å². The van der Waals surface area contributed by atoms with Crippen LogP contribution in [-0.2, 0) is 9.59 Å². The number of carbonyl (C=O) groups is 2. The Hall–Kier alpha value is -1.12.